The van der Waals surface area contributed by atoms with E-state index in [1.165, 1.54) is 13.2 Å². The van der Waals surface area contributed by atoms with Crippen LogP contribution in [0, 0.1) is 0 Å². The molecule has 2 rings (SSSR count). The number of ether oxygens (including phenoxy) is 1. The Balaban J connectivity index is 2.00. The lowest BCUT2D eigenvalue weighted by Crippen LogP contribution is -2.14. The molecular weight excluding hydrogens is 373 g/mol. The number of benzene rings is 2. The molecule has 0 spiro atoms. The molecule has 24 heavy (non-hydrogen) atoms. The minimum absolute atomic E-state index is 0.00264. The predicted octanol–water partition coefficient (Wildman–Crippen LogP) is 5.26. The number of methoxy groups -OCH3 is 1. The van der Waals surface area contributed by atoms with E-state index in [4.69, 9.17) is 39.5 Å². The quantitative estimate of drug-likeness (QED) is 0.689. The summed E-state index contributed by atoms with van der Waals surface area (Å²) in [6.07, 6.45) is 0.0120. The van der Waals surface area contributed by atoms with Gasteiger partial charge in [0, 0.05) is 17.9 Å². The van der Waals surface area contributed by atoms with E-state index in [1.54, 1.807) is 30.3 Å². The number of carbonyl (C=O) groups excluding carboxylic acids is 2. The molecule has 7 heteroatoms. The molecule has 4 nitrogen and oxygen atoms in total. The summed E-state index contributed by atoms with van der Waals surface area (Å²) in [5.74, 6) is -0.155. The van der Waals surface area contributed by atoms with Crippen LogP contribution in [0.5, 0.6) is 5.75 Å². The lowest BCUT2D eigenvalue weighted by atomic mass is 10.1. The van der Waals surface area contributed by atoms with Crippen molar-refractivity contribution < 1.29 is 14.3 Å². The van der Waals surface area contributed by atoms with Crippen molar-refractivity contribution in [1.29, 1.82) is 0 Å². The van der Waals surface area contributed by atoms with Gasteiger partial charge in [-0.1, -0.05) is 40.9 Å². The smallest absolute Gasteiger partial charge is 0.224 e. The zero-order valence-corrected chi connectivity index (χ0v) is 15.0. The summed E-state index contributed by atoms with van der Waals surface area (Å²) < 4.78 is 5.14. The third-order valence-corrected chi connectivity index (χ3v) is 4.32. The normalized spacial score (nSPS) is 10.3. The molecule has 0 aliphatic rings. The molecule has 1 N–H and O–H groups in total. The molecule has 0 aromatic heterocycles. The van der Waals surface area contributed by atoms with Gasteiger partial charge < -0.3 is 10.1 Å². The molecule has 0 radical (unpaired) electrons. The summed E-state index contributed by atoms with van der Waals surface area (Å²) in [6.45, 7) is 0. The molecule has 0 atom stereocenters. The van der Waals surface area contributed by atoms with E-state index in [0.29, 0.717) is 27.0 Å². The molecule has 0 aliphatic carbocycles. The monoisotopic (exact) mass is 385 g/mol. The zero-order valence-electron chi connectivity index (χ0n) is 12.7. The number of ketones is 1. The van der Waals surface area contributed by atoms with Crippen molar-refractivity contribution in [3.8, 4) is 5.75 Å². The van der Waals surface area contributed by atoms with Gasteiger partial charge in [-0.05, 0) is 30.3 Å². The molecule has 2 aromatic rings. The number of halogens is 3. The minimum atomic E-state index is -0.339. The van der Waals surface area contributed by atoms with E-state index >= 15 is 0 Å². The fourth-order valence-electron chi connectivity index (χ4n) is 2.07. The molecule has 126 valence electrons. The van der Waals surface area contributed by atoms with Crippen molar-refractivity contribution in [3.05, 3.63) is 57.0 Å². The van der Waals surface area contributed by atoms with Gasteiger partial charge in [-0.3, -0.25) is 9.59 Å². The van der Waals surface area contributed by atoms with Gasteiger partial charge in [0.1, 0.15) is 5.75 Å². The Morgan fingerprint density at radius 3 is 2.54 bits per heavy atom. The van der Waals surface area contributed by atoms with Gasteiger partial charge in [0.15, 0.2) is 5.78 Å². The number of carbonyl (C=O) groups is 2. The Kier molecular flexibility index (Phi) is 6.49. The number of hydrogen-bond donors (Lipinski definition) is 1. The average molecular weight is 387 g/mol. The number of nitrogens with one attached hydrogen (secondary N) is 1. The van der Waals surface area contributed by atoms with E-state index < -0.39 is 0 Å². The third-order valence-electron chi connectivity index (χ3n) is 3.27. The van der Waals surface area contributed by atoms with E-state index in [-0.39, 0.29) is 29.6 Å². The fourth-order valence-corrected chi connectivity index (χ4v) is 2.59. The van der Waals surface area contributed by atoms with Crippen LogP contribution in [0.25, 0.3) is 0 Å². The summed E-state index contributed by atoms with van der Waals surface area (Å²) in [4.78, 5) is 24.3. The highest BCUT2D eigenvalue weighted by Crippen LogP contribution is 2.30. The molecule has 0 saturated carbocycles. The van der Waals surface area contributed by atoms with Crippen LogP contribution < -0.4 is 10.1 Å². The minimum Gasteiger partial charge on any atom is -0.496 e. The lowest BCUT2D eigenvalue weighted by molar-refractivity contribution is -0.116. The van der Waals surface area contributed by atoms with Gasteiger partial charge in [0.05, 0.1) is 28.4 Å². The Hall–Kier alpha value is -1.75. The van der Waals surface area contributed by atoms with Crippen molar-refractivity contribution in [2.45, 2.75) is 12.8 Å². The first kappa shape index (κ1) is 18.6. The van der Waals surface area contributed by atoms with E-state index in [2.05, 4.69) is 5.32 Å². The van der Waals surface area contributed by atoms with Crippen LogP contribution in [-0.4, -0.2) is 18.8 Å². The Bertz CT molecular complexity index is 778. The fraction of sp³-hybridized carbons (Fsp3) is 0.176. The molecule has 1 amide bonds. The zero-order chi connectivity index (χ0) is 17.7. The summed E-state index contributed by atoms with van der Waals surface area (Å²) in [5, 5.41) is 3.66. The number of rotatable bonds is 6. The summed E-state index contributed by atoms with van der Waals surface area (Å²) in [5.41, 5.74) is 0.750. The van der Waals surface area contributed by atoms with Gasteiger partial charge >= 0.3 is 0 Å². The van der Waals surface area contributed by atoms with Gasteiger partial charge in [-0.2, -0.15) is 0 Å². The molecular formula is C17H14Cl3NO3. The van der Waals surface area contributed by atoms with Crippen LogP contribution in [0.3, 0.4) is 0 Å². The second-order valence-electron chi connectivity index (χ2n) is 4.92. The van der Waals surface area contributed by atoms with Crippen molar-refractivity contribution in [2.75, 3.05) is 12.4 Å². The van der Waals surface area contributed by atoms with Gasteiger partial charge in [-0.15, -0.1) is 0 Å². The van der Waals surface area contributed by atoms with E-state index in [0.717, 1.165) is 0 Å². The molecule has 0 unspecified atom stereocenters. The van der Waals surface area contributed by atoms with Crippen LogP contribution in [0.15, 0.2) is 36.4 Å². The maximum atomic E-state index is 12.3. The number of hydrogen-bond acceptors (Lipinski definition) is 3. The van der Waals surface area contributed by atoms with Crippen molar-refractivity contribution >= 4 is 52.2 Å². The summed E-state index contributed by atoms with van der Waals surface area (Å²) in [7, 11) is 1.47. The van der Waals surface area contributed by atoms with Crippen molar-refractivity contribution in [1.82, 2.24) is 0 Å². The number of anilines is 1. The summed E-state index contributed by atoms with van der Waals surface area (Å²) >= 11 is 17.8. The van der Waals surface area contributed by atoms with Crippen molar-refractivity contribution in [2.24, 2.45) is 0 Å². The third kappa shape index (κ3) is 4.63. The first-order chi connectivity index (χ1) is 11.4. The van der Waals surface area contributed by atoms with E-state index in [1.807, 2.05) is 0 Å². The molecule has 0 aliphatic heterocycles. The highest BCUT2D eigenvalue weighted by Gasteiger charge is 2.15. The molecule has 2 aromatic carbocycles. The highest BCUT2D eigenvalue weighted by atomic mass is 35.5. The number of Topliss-reactive ketones (excluding diaryl/α,β-unsaturated/α-hetero) is 1. The molecule has 0 heterocycles. The van der Waals surface area contributed by atoms with Crippen LogP contribution in [0.1, 0.15) is 23.2 Å². The Morgan fingerprint density at radius 2 is 1.83 bits per heavy atom. The Morgan fingerprint density at radius 1 is 1.08 bits per heavy atom. The predicted molar refractivity (Wildman–Crippen MR) is 96.7 cm³/mol. The standard InChI is InChI=1S/C17H14Cl3NO3/c1-24-15-7-5-10(18)9-11(15)14(22)6-8-16(23)21-13-4-2-3-12(19)17(13)20/h2-5,7,9H,6,8H2,1H3,(H,21,23). The van der Waals surface area contributed by atoms with Gasteiger partial charge in [-0.25, -0.2) is 0 Å². The van der Waals surface area contributed by atoms with Crippen molar-refractivity contribution in [3.63, 3.8) is 0 Å². The maximum Gasteiger partial charge on any atom is 0.224 e. The van der Waals surface area contributed by atoms with Crippen LogP contribution >= 0.6 is 34.8 Å². The largest absolute Gasteiger partial charge is 0.496 e. The van der Waals surface area contributed by atoms with Crippen LogP contribution in [0.4, 0.5) is 5.69 Å². The van der Waals surface area contributed by atoms with E-state index in [9.17, 15) is 9.59 Å². The first-order valence-electron chi connectivity index (χ1n) is 7.03. The second kappa shape index (κ2) is 8.38. The first-order valence-corrected chi connectivity index (χ1v) is 8.16. The Labute approximate surface area is 154 Å². The number of amides is 1. The molecule has 0 bridgehead atoms. The van der Waals surface area contributed by atoms with Crippen LogP contribution in [0.2, 0.25) is 15.1 Å². The molecule has 0 fully saturated rings. The average Bonchev–Trinajstić information content (AvgIpc) is 2.56. The van der Waals surface area contributed by atoms with Gasteiger partial charge in [0.25, 0.3) is 0 Å². The van der Waals surface area contributed by atoms with Gasteiger partial charge in [0.2, 0.25) is 5.91 Å². The maximum absolute atomic E-state index is 12.3. The lowest BCUT2D eigenvalue weighted by Gasteiger charge is -2.09. The topological polar surface area (TPSA) is 55.4 Å². The highest BCUT2D eigenvalue weighted by molar-refractivity contribution is 6.44. The SMILES string of the molecule is COc1ccc(Cl)cc1C(=O)CCC(=O)Nc1cccc(Cl)c1Cl. The second-order valence-corrected chi connectivity index (χ2v) is 6.14. The summed E-state index contributed by atoms with van der Waals surface area (Å²) in [6, 6.07) is 9.69. The molecule has 0 saturated heterocycles. The van der Waals surface area contributed by atoms with Crippen LogP contribution in [-0.2, 0) is 4.79 Å².